The third kappa shape index (κ3) is 6.04. The molecule has 0 aliphatic carbocycles. The van der Waals surface area contributed by atoms with Crippen molar-refractivity contribution in [2.24, 2.45) is 5.41 Å². The Balaban J connectivity index is 2.40. The Kier molecular flexibility index (Phi) is 6.65. The van der Waals surface area contributed by atoms with Gasteiger partial charge in [0.1, 0.15) is 0 Å². The molecule has 0 unspecified atom stereocenters. The van der Waals surface area contributed by atoms with Crippen molar-refractivity contribution < 1.29 is 19.7 Å². The number of halogens is 1. The number of carbonyl (C=O) groups is 1. The molecule has 21 heavy (non-hydrogen) atoms. The summed E-state index contributed by atoms with van der Waals surface area (Å²) in [6.45, 7) is 5.37. The van der Waals surface area contributed by atoms with Gasteiger partial charge in [-0.15, -0.1) is 0 Å². The Labute approximate surface area is 130 Å². The highest BCUT2D eigenvalue weighted by Crippen LogP contribution is 2.19. The van der Waals surface area contributed by atoms with E-state index >= 15 is 0 Å². The summed E-state index contributed by atoms with van der Waals surface area (Å²) in [5, 5.41) is 20.4. The first kappa shape index (κ1) is 18.0. The molecule has 0 saturated heterocycles. The van der Waals surface area contributed by atoms with Crippen LogP contribution >= 0.6 is 11.6 Å². The summed E-state index contributed by atoms with van der Waals surface area (Å²) in [4.78, 5) is 11.6. The number of carbonyl (C=O) groups excluding carboxylic acids is 1. The van der Waals surface area contributed by atoms with E-state index in [0.717, 1.165) is 5.56 Å². The van der Waals surface area contributed by atoms with Gasteiger partial charge in [0.05, 0.1) is 24.2 Å². The van der Waals surface area contributed by atoms with E-state index in [2.05, 4.69) is 0 Å². The molecule has 0 aliphatic rings. The van der Waals surface area contributed by atoms with Crippen molar-refractivity contribution >= 4 is 17.6 Å². The zero-order valence-corrected chi connectivity index (χ0v) is 13.4. The van der Waals surface area contributed by atoms with Crippen molar-refractivity contribution in [1.82, 2.24) is 0 Å². The number of ether oxygens (including phenoxy) is 1. The summed E-state index contributed by atoms with van der Waals surface area (Å²) in [5.41, 5.74) is 0.207. The molecular weight excluding hydrogens is 292 g/mol. The lowest BCUT2D eigenvalue weighted by Gasteiger charge is -2.20. The molecule has 1 aromatic carbocycles. The summed E-state index contributed by atoms with van der Waals surface area (Å²) < 4.78 is 5.07. The van der Waals surface area contributed by atoms with Crippen LogP contribution in [0.2, 0.25) is 5.02 Å². The largest absolute Gasteiger partial charge is 0.465 e. The normalized spacial score (nSPS) is 14.6. The van der Waals surface area contributed by atoms with Gasteiger partial charge in [0.25, 0.3) is 0 Å². The van der Waals surface area contributed by atoms with Gasteiger partial charge in [-0.2, -0.15) is 0 Å². The van der Waals surface area contributed by atoms with Crippen molar-refractivity contribution in [2.75, 3.05) is 6.61 Å². The molecule has 1 aromatic rings. The standard InChI is InChI=1S/C16H23ClO4/c1-16(2,3)15(20)21-9-8-13(18)14(19)10-11-6-4-5-7-12(11)17/h4-7,13-14,18-19H,8-10H2,1-3H3/t13-,14-/m1/s1. The maximum absolute atomic E-state index is 11.6. The highest BCUT2D eigenvalue weighted by Gasteiger charge is 2.24. The zero-order valence-electron chi connectivity index (χ0n) is 12.7. The molecule has 0 spiro atoms. The minimum atomic E-state index is -0.964. The Hall–Kier alpha value is -1.10. The van der Waals surface area contributed by atoms with Gasteiger partial charge in [-0.05, 0) is 32.4 Å². The number of aliphatic hydroxyl groups is 2. The Morgan fingerprint density at radius 3 is 2.43 bits per heavy atom. The Morgan fingerprint density at radius 2 is 1.86 bits per heavy atom. The fourth-order valence-electron chi connectivity index (χ4n) is 1.71. The molecule has 0 bridgehead atoms. The first-order valence-electron chi connectivity index (χ1n) is 6.98. The smallest absolute Gasteiger partial charge is 0.311 e. The van der Waals surface area contributed by atoms with Crippen LogP contribution in [0, 0.1) is 5.41 Å². The summed E-state index contributed by atoms with van der Waals surface area (Å²) >= 11 is 6.01. The maximum atomic E-state index is 11.6. The van der Waals surface area contributed by atoms with Crippen LogP contribution in [0.3, 0.4) is 0 Å². The summed E-state index contributed by atoms with van der Waals surface area (Å²) in [6.07, 6.45) is -1.46. The molecule has 0 saturated carbocycles. The van der Waals surface area contributed by atoms with Gasteiger partial charge in [0.2, 0.25) is 0 Å². The van der Waals surface area contributed by atoms with Gasteiger partial charge < -0.3 is 14.9 Å². The number of rotatable bonds is 6. The second kappa shape index (κ2) is 7.78. The highest BCUT2D eigenvalue weighted by atomic mass is 35.5. The van der Waals surface area contributed by atoms with Gasteiger partial charge in [0, 0.05) is 17.9 Å². The van der Waals surface area contributed by atoms with Gasteiger partial charge in [0.15, 0.2) is 0 Å². The summed E-state index contributed by atoms with van der Waals surface area (Å²) in [6, 6.07) is 7.17. The topological polar surface area (TPSA) is 66.8 Å². The van der Waals surface area contributed by atoms with Gasteiger partial charge >= 0.3 is 5.97 Å². The lowest BCUT2D eigenvalue weighted by atomic mass is 9.97. The Morgan fingerprint density at radius 1 is 1.24 bits per heavy atom. The van der Waals surface area contributed by atoms with Crippen LogP contribution < -0.4 is 0 Å². The van der Waals surface area contributed by atoms with Crippen LogP contribution in [0.4, 0.5) is 0 Å². The molecule has 0 radical (unpaired) electrons. The fraction of sp³-hybridized carbons (Fsp3) is 0.562. The third-order valence-corrected chi connectivity index (χ3v) is 3.46. The third-order valence-electron chi connectivity index (χ3n) is 3.09. The van der Waals surface area contributed by atoms with Crippen LogP contribution in [0.25, 0.3) is 0 Å². The maximum Gasteiger partial charge on any atom is 0.311 e. The molecule has 118 valence electrons. The van der Waals surface area contributed by atoms with Crippen LogP contribution in [0.15, 0.2) is 24.3 Å². The van der Waals surface area contributed by atoms with E-state index in [1.807, 2.05) is 6.07 Å². The van der Waals surface area contributed by atoms with E-state index in [0.29, 0.717) is 5.02 Å². The highest BCUT2D eigenvalue weighted by molar-refractivity contribution is 6.31. The number of hydrogen-bond donors (Lipinski definition) is 2. The molecule has 0 heterocycles. The number of hydrogen-bond acceptors (Lipinski definition) is 4. The second-order valence-corrected chi connectivity index (χ2v) is 6.51. The van der Waals surface area contributed by atoms with Crippen LogP contribution in [0.5, 0.6) is 0 Å². The van der Waals surface area contributed by atoms with Crippen LogP contribution in [-0.4, -0.2) is 35.0 Å². The number of aliphatic hydroxyl groups excluding tert-OH is 2. The summed E-state index contributed by atoms with van der Waals surface area (Å²) in [7, 11) is 0. The first-order valence-corrected chi connectivity index (χ1v) is 7.36. The predicted molar refractivity (Wildman–Crippen MR) is 82.2 cm³/mol. The van der Waals surface area contributed by atoms with Crippen LogP contribution in [0.1, 0.15) is 32.8 Å². The van der Waals surface area contributed by atoms with Crippen molar-refractivity contribution in [3.63, 3.8) is 0 Å². The minimum absolute atomic E-state index is 0.0802. The van der Waals surface area contributed by atoms with E-state index < -0.39 is 17.6 Å². The lowest BCUT2D eigenvalue weighted by molar-refractivity contribution is -0.154. The van der Waals surface area contributed by atoms with E-state index in [9.17, 15) is 15.0 Å². The average Bonchev–Trinajstić information content (AvgIpc) is 2.39. The monoisotopic (exact) mass is 314 g/mol. The predicted octanol–water partition coefficient (Wildman–Crippen LogP) is 2.58. The van der Waals surface area contributed by atoms with Crippen molar-refractivity contribution in [3.8, 4) is 0 Å². The van der Waals surface area contributed by atoms with E-state index in [1.165, 1.54) is 0 Å². The molecule has 5 heteroatoms. The molecule has 1 rings (SSSR count). The molecule has 0 aliphatic heterocycles. The van der Waals surface area contributed by atoms with Crippen molar-refractivity contribution in [3.05, 3.63) is 34.9 Å². The SMILES string of the molecule is CC(C)(C)C(=O)OCC[C@@H](O)[C@H](O)Cc1ccccc1Cl. The number of benzene rings is 1. The Bertz CT molecular complexity index is 468. The van der Waals surface area contributed by atoms with Crippen molar-refractivity contribution in [1.29, 1.82) is 0 Å². The molecule has 0 amide bonds. The van der Waals surface area contributed by atoms with E-state index in [1.54, 1.807) is 39.0 Å². The number of esters is 1. The molecule has 2 N–H and O–H groups in total. The van der Waals surface area contributed by atoms with Gasteiger partial charge in [-0.3, -0.25) is 4.79 Å². The quantitative estimate of drug-likeness (QED) is 0.792. The average molecular weight is 315 g/mol. The molecule has 0 fully saturated rings. The molecule has 4 nitrogen and oxygen atoms in total. The van der Waals surface area contributed by atoms with E-state index in [4.69, 9.17) is 16.3 Å². The minimum Gasteiger partial charge on any atom is -0.465 e. The van der Waals surface area contributed by atoms with Crippen LogP contribution in [-0.2, 0) is 16.0 Å². The van der Waals surface area contributed by atoms with Crippen molar-refractivity contribution in [2.45, 2.75) is 45.8 Å². The summed E-state index contributed by atoms with van der Waals surface area (Å²) in [5.74, 6) is -0.324. The second-order valence-electron chi connectivity index (χ2n) is 6.10. The first-order chi connectivity index (χ1) is 9.71. The fourth-order valence-corrected chi connectivity index (χ4v) is 1.92. The van der Waals surface area contributed by atoms with Gasteiger partial charge in [-0.1, -0.05) is 29.8 Å². The van der Waals surface area contributed by atoms with E-state index in [-0.39, 0.29) is 25.4 Å². The zero-order chi connectivity index (χ0) is 16.0. The molecular formula is C16H23ClO4. The van der Waals surface area contributed by atoms with Gasteiger partial charge in [-0.25, -0.2) is 0 Å². The lowest BCUT2D eigenvalue weighted by Crippen LogP contribution is -2.31. The molecule has 2 atom stereocenters. The molecule has 0 aromatic heterocycles.